The van der Waals surface area contributed by atoms with Crippen molar-refractivity contribution < 1.29 is 4.79 Å². The number of hydrogen-bond donors (Lipinski definition) is 3. The summed E-state index contributed by atoms with van der Waals surface area (Å²) in [5, 5.41) is 11.4. The summed E-state index contributed by atoms with van der Waals surface area (Å²) < 4.78 is 1.21. The Morgan fingerprint density at radius 3 is 2.48 bits per heavy atom. The molecule has 0 saturated heterocycles. The Kier molecular flexibility index (Phi) is 5.74. The molecule has 0 aliphatic heterocycles. The fourth-order valence-corrected chi connectivity index (χ4v) is 3.65. The lowest BCUT2D eigenvalue weighted by Crippen LogP contribution is -2.35. The zero-order chi connectivity index (χ0) is 20.2. The maximum atomic E-state index is 12.6. The first kappa shape index (κ1) is 19.4. The molecule has 1 heterocycles. The SMILES string of the molecule is O=C(NCCc1ccccc1)N(S)c1n[nH]c2cc(Cl)c(-c3ccccc3)cc12. The second-order valence-electron chi connectivity index (χ2n) is 6.57. The molecule has 29 heavy (non-hydrogen) atoms. The number of aromatic amines is 1. The Hall–Kier alpha value is -2.96. The lowest BCUT2D eigenvalue weighted by Gasteiger charge is -2.15. The molecule has 1 aromatic heterocycles. The third kappa shape index (κ3) is 4.23. The van der Waals surface area contributed by atoms with Gasteiger partial charge < -0.3 is 5.32 Å². The van der Waals surface area contributed by atoms with Gasteiger partial charge >= 0.3 is 6.03 Å². The summed E-state index contributed by atoms with van der Waals surface area (Å²) in [5.41, 5.74) is 3.75. The van der Waals surface area contributed by atoms with E-state index in [1.165, 1.54) is 4.31 Å². The van der Waals surface area contributed by atoms with E-state index < -0.39 is 0 Å². The number of anilines is 1. The Morgan fingerprint density at radius 1 is 1.07 bits per heavy atom. The molecule has 2 N–H and O–H groups in total. The molecular weight excluding hydrogens is 404 g/mol. The van der Waals surface area contributed by atoms with E-state index in [4.69, 9.17) is 11.6 Å². The number of nitrogens with one attached hydrogen (secondary N) is 2. The van der Waals surface area contributed by atoms with Gasteiger partial charge in [-0.25, -0.2) is 9.10 Å². The minimum atomic E-state index is -0.339. The molecule has 2 amide bonds. The van der Waals surface area contributed by atoms with E-state index >= 15 is 0 Å². The van der Waals surface area contributed by atoms with E-state index in [-0.39, 0.29) is 6.03 Å². The number of carbonyl (C=O) groups is 1. The Labute approximate surface area is 179 Å². The van der Waals surface area contributed by atoms with Gasteiger partial charge in [-0.2, -0.15) is 5.10 Å². The molecule has 0 unspecified atom stereocenters. The van der Waals surface area contributed by atoms with Crippen molar-refractivity contribution in [3.05, 3.63) is 83.4 Å². The number of hydrogen-bond acceptors (Lipinski definition) is 3. The van der Waals surface area contributed by atoms with Crippen molar-refractivity contribution in [1.82, 2.24) is 15.5 Å². The summed E-state index contributed by atoms with van der Waals surface area (Å²) in [7, 11) is 0. The number of amides is 2. The quantitative estimate of drug-likeness (QED) is 0.372. The molecule has 0 fully saturated rings. The number of H-pyrrole nitrogens is 1. The van der Waals surface area contributed by atoms with Crippen LogP contribution in [0.5, 0.6) is 0 Å². The topological polar surface area (TPSA) is 61.0 Å². The highest BCUT2D eigenvalue weighted by Gasteiger charge is 2.19. The number of rotatable bonds is 5. The van der Waals surface area contributed by atoms with Crippen molar-refractivity contribution >= 4 is 47.2 Å². The fourth-order valence-electron chi connectivity index (χ4n) is 3.15. The molecule has 146 valence electrons. The van der Waals surface area contributed by atoms with Crippen molar-refractivity contribution in [3.8, 4) is 11.1 Å². The van der Waals surface area contributed by atoms with Crippen LogP contribution in [0.2, 0.25) is 5.02 Å². The molecule has 0 bridgehead atoms. The molecule has 0 aliphatic rings. The number of thiol groups is 1. The van der Waals surface area contributed by atoms with Gasteiger partial charge in [0.1, 0.15) is 0 Å². The van der Waals surface area contributed by atoms with E-state index in [0.29, 0.717) is 17.4 Å². The van der Waals surface area contributed by atoms with Gasteiger partial charge in [0.05, 0.1) is 10.5 Å². The second kappa shape index (κ2) is 8.59. The van der Waals surface area contributed by atoms with Crippen molar-refractivity contribution in [1.29, 1.82) is 0 Å². The summed E-state index contributed by atoms with van der Waals surface area (Å²) in [6, 6.07) is 23.2. The summed E-state index contributed by atoms with van der Waals surface area (Å²) in [6.07, 6.45) is 0.739. The number of halogens is 1. The van der Waals surface area contributed by atoms with Crippen molar-refractivity contribution in [2.45, 2.75) is 6.42 Å². The van der Waals surface area contributed by atoms with E-state index in [2.05, 4.69) is 28.3 Å². The maximum Gasteiger partial charge on any atom is 0.333 e. The molecular formula is C22H19ClN4OS. The number of benzene rings is 3. The average Bonchev–Trinajstić information content (AvgIpc) is 3.16. The van der Waals surface area contributed by atoms with E-state index in [1.807, 2.05) is 72.8 Å². The molecule has 0 spiro atoms. The summed E-state index contributed by atoms with van der Waals surface area (Å²) in [6.45, 7) is 0.503. The molecule has 7 heteroatoms. The number of carbonyl (C=O) groups excluding carboxylic acids is 1. The van der Waals surface area contributed by atoms with Gasteiger partial charge in [-0.05, 0) is 29.7 Å². The van der Waals surface area contributed by atoms with Gasteiger partial charge in [0.2, 0.25) is 0 Å². The second-order valence-corrected chi connectivity index (χ2v) is 7.38. The lowest BCUT2D eigenvalue weighted by molar-refractivity contribution is 0.250. The highest BCUT2D eigenvalue weighted by atomic mass is 35.5. The summed E-state index contributed by atoms with van der Waals surface area (Å²) in [4.78, 5) is 12.6. The van der Waals surface area contributed by atoms with Crippen LogP contribution in [0.25, 0.3) is 22.0 Å². The third-order valence-electron chi connectivity index (χ3n) is 4.64. The molecule has 0 aliphatic carbocycles. The van der Waals surface area contributed by atoms with Gasteiger partial charge in [0.15, 0.2) is 5.82 Å². The highest BCUT2D eigenvalue weighted by Crippen LogP contribution is 2.35. The zero-order valence-electron chi connectivity index (χ0n) is 15.5. The average molecular weight is 423 g/mol. The van der Waals surface area contributed by atoms with Crippen LogP contribution in [0.3, 0.4) is 0 Å². The highest BCUT2D eigenvalue weighted by molar-refractivity contribution is 7.82. The van der Waals surface area contributed by atoms with Crippen LogP contribution in [0, 0.1) is 0 Å². The van der Waals surface area contributed by atoms with Crippen LogP contribution in [0.15, 0.2) is 72.8 Å². The molecule has 5 nitrogen and oxygen atoms in total. The van der Waals surface area contributed by atoms with E-state index in [9.17, 15) is 4.79 Å². The standard InChI is InChI=1S/C22H19ClN4OS/c23-19-14-20-18(13-17(19)16-9-5-2-6-10-16)21(26-25-20)27(29)22(28)24-12-11-15-7-3-1-4-8-15/h1-10,13-14,29H,11-12H2,(H,24,28)(H,25,26). The van der Waals surface area contributed by atoms with Crippen molar-refractivity contribution in [3.63, 3.8) is 0 Å². The Balaban J connectivity index is 1.54. The molecule has 4 aromatic rings. The number of fused-ring (bicyclic) bond motifs is 1. The van der Waals surface area contributed by atoms with Crippen LogP contribution >= 0.6 is 24.4 Å². The monoisotopic (exact) mass is 422 g/mol. The number of nitrogens with zero attached hydrogens (tertiary/aromatic N) is 2. The number of urea groups is 1. The summed E-state index contributed by atoms with van der Waals surface area (Å²) >= 11 is 10.8. The van der Waals surface area contributed by atoms with Gasteiger partial charge in [-0.15, -0.1) is 0 Å². The molecule has 0 radical (unpaired) electrons. The van der Waals surface area contributed by atoms with Crippen LogP contribution in [-0.4, -0.2) is 22.8 Å². The predicted octanol–water partition coefficient (Wildman–Crippen LogP) is 5.49. The number of aromatic nitrogens is 2. The minimum Gasteiger partial charge on any atom is -0.337 e. The smallest absolute Gasteiger partial charge is 0.333 e. The third-order valence-corrected chi connectivity index (χ3v) is 5.32. The van der Waals surface area contributed by atoms with Crippen molar-refractivity contribution in [2.75, 3.05) is 10.8 Å². The molecule has 0 atom stereocenters. The molecule has 4 rings (SSSR count). The largest absolute Gasteiger partial charge is 0.337 e. The normalized spacial score (nSPS) is 10.8. The van der Waals surface area contributed by atoms with E-state index in [1.54, 1.807) is 0 Å². The van der Waals surface area contributed by atoms with Gasteiger partial charge in [0.25, 0.3) is 0 Å². The minimum absolute atomic E-state index is 0.339. The van der Waals surface area contributed by atoms with Crippen molar-refractivity contribution in [2.24, 2.45) is 0 Å². The Morgan fingerprint density at radius 2 is 1.76 bits per heavy atom. The van der Waals surface area contributed by atoms with Crippen LogP contribution in [0.4, 0.5) is 10.6 Å². The van der Waals surface area contributed by atoms with Crippen LogP contribution in [0.1, 0.15) is 5.56 Å². The maximum absolute atomic E-state index is 12.6. The fraction of sp³-hybridized carbons (Fsp3) is 0.0909. The predicted molar refractivity (Wildman–Crippen MR) is 122 cm³/mol. The van der Waals surface area contributed by atoms with Gasteiger partial charge in [-0.1, -0.05) is 85.1 Å². The van der Waals surface area contributed by atoms with Crippen LogP contribution < -0.4 is 9.62 Å². The molecule has 0 saturated carbocycles. The lowest BCUT2D eigenvalue weighted by atomic mass is 10.0. The van der Waals surface area contributed by atoms with Crippen LogP contribution in [-0.2, 0) is 6.42 Å². The Bertz CT molecular complexity index is 1130. The van der Waals surface area contributed by atoms with Gasteiger partial charge in [0, 0.05) is 17.5 Å². The van der Waals surface area contributed by atoms with E-state index in [0.717, 1.165) is 34.0 Å². The first-order chi connectivity index (χ1) is 14.1. The molecule has 3 aromatic carbocycles. The first-order valence-corrected chi connectivity index (χ1v) is 9.95. The first-order valence-electron chi connectivity index (χ1n) is 9.17. The summed E-state index contributed by atoms with van der Waals surface area (Å²) in [5.74, 6) is 0.425. The van der Waals surface area contributed by atoms with Gasteiger partial charge in [-0.3, -0.25) is 5.10 Å². The zero-order valence-corrected chi connectivity index (χ0v) is 17.1.